The fourth-order valence-electron chi connectivity index (χ4n) is 2.39. The number of hydrogen-bond acceptors (Lipinski definition) is 3. The van der Waals surface area contributed by atoms with E-state index in [-0.39, 0.29) is 5.75 Å². The van der Waals surface area contributed by atoms with Crippen LogP contribution in [0, 0.1) is 13.8 Å². The van der Waals surface area contributed by atoms with Crippen LogP contribution in [-0.2, 0) is 10.2 Å². The van der Waals surface area contributed by atoms with E-state index in [1.165, 1.54) is 0 Å². The maximum atomic E-state index is 11.0. The first-order chi connectivity index (χ1) is 7.88. The third-order valence-electron chi connectivity index (χ3n) is 3.72. The Bertz CT molecular complexity index is 455. The highest BCUT2D eigenvalue weighted by Crippen LogP contribution is 2.51. The Balaban J connectivity index is 2.45. The number of carboxylic acid groups (broad SMARTS) is 1. The number of aliphatic carboxylic acids is 1. The van der Waals surface area contributed by atoms with Crippen molar-refractivity contribution in [3.05, 3.63) is 28.8 Å². The van der Waals surface area contributed by atoms with Gasteiger partial charge in [-0.05, 0) is 43.4 Å². The topological polar surface area (TPSA) is 83.6 Å². The average molecular weight is 235 g/mol. The van der Waals surface area contributed by atoms with Gasteiger partial charge < -0.3 is 15.9 Å². The molecule has 0 bridgehead atoms. The molecule has 1 saturated carbocycles. The first-order valence-corrected chi connectivity index (χ1v) is 5.67. The SMILES string of the molecule is Cc1cc(C2(C(N)C(=O)O)CC2)cc(C)c1O. The molecule has 2 rings (SSSR count). The molecule has 1 atom stereocenters. The van der Waals surface area contributed by atoms with E-state index in [2.05, 4.69) is 0 Å². The normalized spacial score (nSPS) is 18.8. The lowest BCUT2D eigenvalue weighted by Crippen LogP contribution is -2.42. The first-order valence-electron chi connectivity index (χ1n) is 5.67. The summed E-state index contributed by atoms with van der Waals surface area (Å²) in [4.78, 5) is 11.0. The summed E-state index contributed by atoms with van der Waals surface area (Å²) in [6.45, 7) is 3.63. The summed E-state index contributed by atoms with van der Waals surface area (Å²) in [5.74, 6) is -0.695. The average Bonchev–Trinajstić information content (AvgIpc) is 3.05. The van der Waals surface area contributed by atoms with Crippen molar-refractivity contribution in [1.29, 1.82) is 0 Å². The number of phenols is 1. The fraction of sp³-hybridized carbons (Fsp3) is 0.462. The second-order valence-corrected chi connectivity index (χ2v) is 4.93. The highest BCUT2D eigenvalue weighted by Gasteiger charge is 2.52. The van der Waals surface area contributed by atoms with Gasteiger partial charge in [-0.2, -0.15) is 0 Å². The second kappa shape index (κ2) is 3.74. The summed E-state index contributed by atoms with van der Waals surface area (Å²) in [6, 6.07) is 2.82. The van der Waals surface area contributed by atoms with Crippen LogP contribution in [0.15, 0.2) is 12.1 Å². The summed E-state index contributed by atoms with van der Waals surface area (Å²) in [5, 5.41) is 18.8. The van der Waals surface area contributed by atoms with E-state index in [4.69, 9.17) is 10.8 Å². The Kier molecular flexibility index (Phi) is 2.62. The number of carboxylic acids is 1. The van der Waals surface area contributed by atoms with Gasteiger partial charge >= 0.3 is 5.97 Å². The van der Waals surface area contributed by atoms with E-state index in [0.717, 1.165) is 29.5 Å². The summed E-state index contributed by atoms with van der Waals surface area (Å²) in [6.07, 6.45) is 1.59. The number of hydrogen-bond donors (Lipinski definition) is 3. The molecule has 0 saturated heterocycles. The summed E-state index contributed by atoms with van der Waals surface area (Å²) in [5.41, 5.74) is 7.80. The third kappa shape index (κ3) is 1.78. The Morgan fingerprint density at radius 3 is 2.18 bits per heavy atom. The molecule has 1 aromatic carbocycles. The lowest BCUT2D eigenvalue weighted by Gasteiger charge is -2.21. The number of carbonyl (C=O) groups is 1. The third-order valence-corrected chi connectivity index (χ3v) is 3.72. The van der Waals surface area contributed by atoms with Gasteiger partial charge in [0.1, 0.15) is 11.8 Å². The standard InChI is InChI=1S/C13H17NO3/c1-7-5-9(6-8(2)10(7)15)13(3-4-13)11(14)12(16)17/h5-6,11,15H,3-4,14H2,1-2H3,(H,16,17). The molecule has 0 heterocycles. The van der Waals surface area contributed by atoms with E-state index >= 15 is 0 Å². The first kappa shape index (κ1) is 11.9. The molecule has 0 aliphatic heterocycles. The molecule has 1 fully saturated rings. The number of benzene rings is 1. The van der Waals surface area contributed by atoms with Crippen LogP contribution in [0.3, 0.4) is 0 Å². The van der Waals surface area contributed by atoms with Crippen molar-refractivity contribution in [1.82, 2.24) is 0 Å². The van der Waals surface area contributed by atoms with E-state index in [1.807, 2.05) is 26.0 Å². The van der Waals surface area contributed by atoms with Gasteiger partial charge in [0.05, 0.1) is 0 Å². The predicted molar refractivity (Wildman–Crippen MR) is 64.1 cm³/mol. The van der Waals surface area contributed by atoms with Crippen LogP contribution in [0.2, 0.25) is 0 Å². The maximum Gasteiger partial charge on any atom is 0.321 e. The molecule has 1 aromatic rings. The molecular formula is C13H17NO3. The number of phenolic OH excluding ortho intramolecular Hbond substituents is 1. The van der Waals surface area contributed by atoms with Crippen LogP contribution in [0.5, 0.6) is 5.75 Å². The summed E-state index contributed by atoms with van der Waals surface area (Å²) < 4.78 is 0. The minimum Gasteiger partial charge on any atom is -0.507 e. The van der Waals surface area contributed by atoms with Crippen molar-refractivity contribution in [3.63, 3.8) is 0 Å². The monoisotopic (exact) mass is 235 g/mol. The van der Waals surface area contributed by atoms with Crippen LogP contribution in [0.1, 0.15) is 29.5 Å². The highest BCUT2D eigenvalue weighted by atomic mass is 16.4. The van der Waals surface area contributed by atoms with Gasteiger partial charge in [0.15, 0.2) is 0 Å². The molecular weight excluding hydrogens is 218 g/mol. The van der Waals surface area contributed by atoms with E-state index < -0.39 is 17.4 Å². The zero-order valence-corrected chi connectivity index (χ0v) is 10.0. The molecule has 0 amide bonds. The van der Waals surface area contributed by atoms with E-state index in [0.29, 0.717) is 0 Å². The summed E-state index contributed by atoms with van der Waals surface area (Å²) >= 11 is 0. The fourth-order valence-corrected chi connectivity index (χ4v) is 2.39. The molecule has 1 aliphatic carbocycles. The van der Waals surface area contributed by atoms with Gasteiger partial charge in [-0.15, -0.1) is 0 Å². The highest BCUT2D eigenvalue weighted by molar-refractivity contribution is 5.77. The van der Waals surface area contributed by atoms with E-state index in [9.17, 15) is 9.90 Å². The van der Waals surface area contributed by atoms with Gasteiger partial charge in [0.2, 0.25) is 0 Å². The molecule has 4 nitrogen and oxygen atoms in total. The Morgan fingerprint density at radius 1 is 1.35 bits per heavy atom. The Morgan fingerprint density at radius 2 is 1.82 bits per heavy atom. The number of rotatable bonds is 3. The number of aryl methyl sites for hydroxylation is 2. The molecule has 4 heteroatoms. The van der Waals surface area contributed by atoms with Crippen LogP contribution in [-0.4, -0.2) is 22.2 Å². The lowest BCUT2D eigenvalue weighted by molar-refractivity contribution is -0.139. The molecule has 0 radical (unpaired) electrons. The Labute approximate surface area is 100 Å². The molecule has 1 unspecified atom stereocenters. The van der Waals surface area contributed by atoms with Crippen molar-refractivity contribution >= 4 is 5.97 Å². The zero-order chi connectivity index (χ0) is 12.8. The molecule has 0 aromatic heterocycles. The molecule has 4 N–H and O–H groups in total. The smallest absolute Gasteiger partial charge is 0.321 e. The minimum atomic E-state index is -0.967. The van der Waals surface area contributed by atoms with Crippen molar-refractivity contribution in [2.24, 2.45) is 5.73 Å². The minimum absolute atomic E-state index is 0.272. The van der Waals surface area contributed by atoms with Crippen LogP contribution >= 0.6 is 0 Å². The van der Waals surface area contributed by atoms with Gasteiger partial charge in [0, 0.05) is 5.41 Å². The van der Waals surface area contributed by atoms with Crippen molar-refractivity contribution in [2.45, 2.75) is 38.1 Å². The van der Waals surface area contributed by atoms with E-state index in [1.54, 1.807) is 0 Å². The quantitative estimate of drug-likeness (QED) is 0.740. The maximum absolute atomic E-state index is 11.0. The van der Waals surface area contributed by atoms with Crippen LogP contribution in [0.4, 0.5) is 0 Å². The molecule has 17 heavy (non-hydrogen) atoms. The second-order valence-electron chi connectivity index (χ2n) is 4.93. The van der Waals surface area contributed by atoms with Crippen molar-refractivity contribution in [3.8, 4) is 5.75 Å². The molecule has 92 valence electrons. The van der Waals surface area contributed by atoms with Crippen LogP contribution < -0.4 is 5.73 Å². The number of aromatic hydroxyl groups is 1. The molecule has 1 aliphatic rings. The van der Waals surface area contributed by atoms with Crippen molar-refractivity contribution in [2.75, 3.05) is 0 Å². The van der Waals surface area contributed by atoms with Crippen LogP contribution in [0.25, 0.3) is 0 Å². The van der Waals surface area contributed by atoms with Gasteiger partial charge in [-0.1, -0.05) is 12.1 Å². The largest absolute Gasteiger partial charge is 0.507 e. The molecule has 0 spiro atoms. The zero-order valence-electron chi connectivity index (χ0n) is 10.0. The van der Waals surface area contributed by atoms with Gasteiger partial charge in [0.25, 0.3) is 0 Å². The van der Waals surface area contributed by atoms with Crippen molar-refractivity contribution < 1.29 is 15.0 Å². The Hall–Kier alpha value is -1.55. The summed E-state index contributed by atoms with van der Waals surface area (Å²) in [7, 11) is 0. The van der Waals surface area contributed by atoms with Gasteiger partial charge in [-0.3, -0.25) is 4.79 Å². The van der Waals surface area contributed by atoms with Gasteiger partial charge in [-0.25, -0.2) is 0 Å². The predicted octanol–water partition coefficient (Wildman–Crippen LogP) is 1.45. The number of nitrogens with two attached hydrogens (primary N) is 1. The lowest BCUT2D eigenvalue weighted by atomic mass is 9.86.